The number of benzene rings is 1. The Morgan fingerprint density at radius 3 is 2.56 bits per heavy atom. The normalized spacial score (nSPS) is 16.4. The van der Waals surface area contributed by atoms with Crippen LogP contribution in [0.3, 0.4) is 0 Å². The van der Waals surface area contributed by atoms with Gasteiger partial charge in [-0.1, -0.05) is 29.8 Å². The van der Waals surface area contributed by atoms with E-state index in [0.717, 1.165) is 22.1 Å². The second kappa shape index (κ2) is 7.58. The first kappa shape index (κ1) is 17.9. The number of amides is 1. The van der Waals surface area contributed by atoms with Gasteiger partial charge in [-0.2, -0.15) is 11.8 Å². The molecule has 5 nitrogen and oxygen atoms in total. The first-order chi connectivity index (χ1) is 12.0. The van der Waals surface area contributed by atoms with Crippen molar-refractivity contribution in [3.63, 3.8) is 0 Å². The molecule has 0 saturated carbocycles. The molecule has 25 heavy (non-hydrogen) atoms. The van der Waals surface area contributed by atoms with Crippen LogP contribution in [0, 0.1) is 6.92 Å². The van der Waals surface area contributed by atoms with E-state index in [2.05, 4.69) is 22.4 Å². The molecule has 3 rings (SSSR count). The van der Waals surface area contributed by atoms with Crippen LogP contribution in [0.4, 0.5) is 0 Å². The highest BCUT2D eigenvalue weighted by atomic mass is 32.2. The fraction of sp³-hybridized carbons (Fsp3) is 0.389. The molecule has 0 unspecified atom stereocenters. The third-order valence-corrected chi connectivity index (χ3v) is 6.20. The van der Waals surface area contributed by atoms with Gasteiger partial charge in [-0.05, 0) is 36.8 Å². The van der Waals surface area contributed by atoms with Gasteiger partial charge in [0.25, 0.3) is 5.91 Å². The Hall–Kier alpha value is -1.86. The molecule has 0 aliphatic carbocycles. The van der Waals surface area contributed by atoms with Gasteiger partial charge in [0, 0.05) is 11.8 Å². The Kier molecular flexibility index (Phi) is 5.44. The van der Waals surface area contributed by atoms with Gasteiger partial charge in [-0.3, -0.25) is 4.79 Å². The summed E-state index contributed by atoms with van der Waals surface area (Å²) in [5.41, 5.74) is 1.47. The second-order valence-electron chi connectivity index (χ2n) is 6.24. The molecule has 1 aromatic carbocycles. The van der Waals surface area contributed by atoms with Gasteiger partial charge in [0.1, 0.15) is 11.2 Å². The quantitative estimate of drug-likeness (QED) is 0.838. The fourth-order valence-corrected chi connectivity index (χ4v) is 4.77. The number of aryl methyl sites for hydroxylation is 1. The number of nitrogens with one attached hydrogen (secondary N) is 1. The van der Waals surface area contributed by atoms with E-state index in [1.807, 2.05) is 19.1 Å². The minimum Gasteiger partial charge on any atom is -0.480 e. The summed E-state index contributed by atoms with van der Waals surface area (Å²) < 4.78 is 0. The van der Waals surface area contributed by atoms with Crippen LogP contribution in [0.15, 0.2) is 29.6 Å². The van der Waals surface area contributed by atoms with Gasteiger partial charge >= 0.3 is 5.97 Å². The molecule has 2 aromatic rings. The number of carbonyl (C=O) groups excluding carboxylic acids is 1. The van der Waals surface area contributed by atoms with Crippen molar-refractivity contribution in [3.8, 4) is 0 Å². The number of rotatable bonds is 5. The number of aromatic nitrogens is 1. The summed E-state index contributed by atoms with van der Waals surface area (Å²) in [4.78, 5) is 28.6. The Bertz CT molecular complexity index is 765. The van der Waals surface area contributed by atoms with Crippen molar-refractivity contribution >= 4 is 35.0 Å². The number of thiazole rings is 1. The lowest BCUT2D eigenvalue weighted by molar-refractivity contribution is -0.144. The van der Waals surface area contributed by atoms with Crippen molar-refractivity contribution in [2.24, 2.45) is 0 Å². The van der Waals surface area contributed by atoms with Crippen LogP contribution in [0.5, 0.6) is 0 Å². The van der Waals surface area contributed by atoms with Gasteiger partial charge in [0.2, 0.25) is 0 Å². The number of aliphatic carboxylic acids is 1. The molecule has 2 N–H and O–H groups in total. The average molecular weight is 377 g/mol. The first-order valence-corrected chi connectivity index (χ1v) is 10.2. The summed E-state index contributed by atoms with van der Waals surface area (Å²) in [7, 11) is 0. The van der Waals surface area contributed by atoms with E-state index in [4.69, 9.17) is 0 Å². The van der Waals surface area contributed by atoms with Gasteiger partial charge in [0.05, 0.1) is 5.01 Å². The van der Waals surface area contributed by atoms with E-state index in [-0.39, 0.29) is 0 Å². The van der Waals surface area contributed by atoms with E-state index in [0.29, 0.717) is 25.0 Å². The Morgan fingerprint density at radius 2 is 1.92 bits per heavy atom. The van der Waals surface area contributed by atoms with Crippen molar-refractivity contribution in [1.29, 1.82) is 0 Å². The molecule has 7 heteroatoms. The molecule has 0 radical (unpaired) electrons. The highest BCUT2D eigenvalue weighted by Gasteiger charge is 2.41. The molecule has 1 amide bonds. The maximum atomic E-state index is 12.5. The van der Waals surface area contributed by atoms with Crippen molar-refractivity contribution in [3.05, 3.63) is 51.5 Å². The molecule has 1 saturated heterocycles. The van der Waals surface area contributed by atoms with Crippen LogP contribution in [-0.4, -0.2) is 39.0 Å². The minimum absolute atomic E-state index is 0.297. The van der Waals surface area contributed by atoms with Crippen LogP contribution in [0.1, 0.15) is 39.5 Å². The highest BCUT2D eigenvalue weighted by molar-refractivity contribution is 7.99. The molecule has 132 valence electrons. The highest BCUT2D eigenvalue weighted by Crippen LogP contribution is 2.28. The summed E-state index contributed by atoms with van der Waals surface area (Å²) >= 11 is 3.14. The van der Waals surface area contributed by atoms with E-state index in [1.165, 1.54) is 16.9 Å². The van der Waals surface area contributed by atoms with Crippen molar-refractivity contribution in [2.75, 3.05) is 11.5 Å². The zero-order valence-electron chi connectivity index (χ0n) is 13.9. The lowest BCUT2D eigenvalue weighted by Gasteiger charge is -2.33. The van der Waals surface area contributed by atoms with Crippen LogP contribution in [-0.2, 0) is 11.2 Å². The maximum Gasteiger partial charge on any atom is 0.329 e. The smallest absolute Gasteiger partial charge is 0.329 e. The average Bonchev–Trinajstić information content (AvgIpc) is 3.06. The van der Waals surface area contributed by atoms with Crippen molar-refractivity contribution in [1.82, 2.24) is 10.3 Å². The summed E-state index contributed by atoms with van der Waals surface area (Å²) in [6.45, 7) is 2.04. The van der Waals surface area contributed by atoms with Gasteiger partial charge < -0.3 is 10.4 Å². The van der Waals surface area contributed by atoms with E-state index in [9.17, 15) is 14.7 Å². The predicted molar refractivity (Wildman–Crippen MR) is 100 cm³/mol. The zero-order valence-corrected chi connectivity index (χ0v) is 15.6. The molecule has 1 fully saturated rings. The van der Waals surface area contributed by atoms with Crippen LogP contribution >= 0.6 is 23.1 Å². The molecule has 0 atom stereocenters. The molecule has 0 bridgehead atoms. The first-order valence-electron chi connectivity index (χ1n) is 8.12. The van der Waals surface area contributed by atoms with E-state index >= 15 is 0 Å². The lowest BCUT2D eigenvalue weighted by Crippen LogP contribution is -2.56. The summed E-state index contributed by atoms with van der Waals surface area (Å²) in [6.07, 6.45) is 1.55. The number of hydrogen-bond acceptors (Lipinski definition) is 5. The number of thioether (sulfide) groups is 1. The van der Waals surface area contributed by atoms with Crippen LogP contribution < -0.4 is 5.32 Å². The SMILES string of the molecule is Cc1ccc(Cc2nc(C(=O)NC3(C(=O)O)CCSCC3)cs2)cc1. The predicted octanol–water partition coefficient (Wildman–Crippen LogP) is 3.12. The van der Waals surface area contributed by atoms with Gasteiger partial charge in [-0.25, -0.2) is 9.78 Å². The molecule has 1 aliphatic rings. The standard InChI is InChI=1S/C18H20N2O3S2/c1-12-2-4-13(5-3-12)10-15-19-14(11-25-15)16(21)20-18(17(22)23)6-8-24-9-7-18/h2-5,11H,6-10H2,1H3,(H,20,21)(H,22,23). The van der Waals surface area contributed by atoms with Crippen molar-refractivity contribution < 1.29 is 14.7 Å². The lowest BCUT2D eigenvalue weighted by atomic mass is 9.92. The minimum atomic E-state index is -1.16. The van der Waals surface area contributed by atoms with Crippen molar-refractivity contribution in [2.45, 2.75) is 31.7 Å². The van der Waals surface area contributed by atoms with Gasteiger partial charge in [-0.15, -0.1) is 11.3 Å². The summed E-state index contributed by atoms with van der Waals surface area (Å²) in [6, 6.07) is 8.20. The van der Waals surface area contributed by atoms with Gasteiger partial charge in [0.15, 0.2) is 0 Å². The zero-order chi connectivity index (χ0) is 17.9. The maximum absolute atomic E-state index is 12.5. The Balaban J connectivity index is 1.69. The number of carbonyl (C=O) groups is 2. The van der Waals surface area contributed by atoms with Crippen LogP contribution in [0.25, 0.3) is 0 Å². The number of carboxylic acids is 1. The number of hydrogen-bond donors (Lipinski definition) is 2. The molecule has 0 spiro atoms. The molecule has 1 aromatic heterocycles. The number of carboxylic acid groups (broad SMARTS) is 1. The molecular weight excluding hydrogens is 356 g/mol. The molecule has 2 heterocycles. The molecule has 1 aliphatic heterocycles. The van der Waals surface area contributed by atoms with Crippen LogP contribution in [0.2, 0.25) is 0 Å². The van der Waals surface area contributed by atoms with E-state index in [1.54, 1.807) is 17.1 Å². The number of nitrogens with zero attached hydrogens (tertiary/aromatic N) is 1. The topological polar surface area (TPSA) is 79.3 Å². The fourth-order valence-electron chi connectivity index (χ4n) is 2.77. The largest absolute Gasteiger partial charge is 0.480 e. The van der Waals surface area contributed by atoms with E-state index < -0.39 is 17.4 Å². The monoisotopic (exact) mass is 376 g/mol. The Labute approximate surface area is 154 Å². The summed E-state index contributed by atoms with van der Waals surface area (Å²) in [5.74, 6) is 0.113. The Morgan fingerprint density at radius 1 is 1.24 bits per heavy atom. The third-order valence-electron chi connectivity index (χ3n) is 4.37. The second-order valence-corrected chi connectivity index (χ2v) is 8.41. The third kappa shape index (κ3) is 4.22. The summed E-state index contributed by atoms with van der Waals surface area (Å²) in [5, 5.41) is 14.8. The molecular formula is C18H20N2O3S2.